The maximum absolute atomic E-state index is 11.0. The number of carbonyl (C=O) groups excluding carboxylic acids is 1. The Morgan fingerprint density at radius 1 is 1.35 bits per heavy atom. The minimum atomic E-state index is -1.08. The van der Waals surface area contributed by atoms with Crippen molar-refractivity contribution >= 4 is 14.4 Å². The number of hydrogen-bond donors (Lipinski definition) is 0. The van der Waals surface area contributed by atoms with Crippen molar-refractivity contribution < 1.29 is 14.3 Å². The van der Waals surface area contributed by atoms with Gasteiger partial charge < -0.3 is 14.0 Å². The van der Waals surface area contributed by atoms with Crippen LogP contribution in [0.5, 0.6) is 0 Å². The van der Waals surface area contributed by atoms with Crippen LogP contribution in [0.1, 0.15) is 22.7 Å². The summed E-state index contributed by atoms with van der Waals surface area (Å²) in [7, 11) is 0.607. The summed E-state index contributed by atoms with van der Waals surface area (Å²) in [4.78, 5) is 15.3. The van der Waals surface area contributed by atoms with E-state index in [9.17, 15) is 4.79 Å². The number of aromatic nitrogens is 2. The molecule has 6 heteroatoms. The van der Waals surface area contributed by atoms with Gasteiger partial charge in [0.15, 0.2) is 6.29 Å². The van der Waals surface area contributed by atoms with E-state index in [2.05, 4.69) is 24.6 Å². The van der Waals surface area contributed by atoms with E-state index in [1.165, 1.54) is 0 Å². The molecule has 0 unspecified atom stereocenters. The molecule has 0 N–H and O–H groups in total. The van der Waals surface area contributed by atoms with E-state index in [1.54, 1.807) is 13.3 Å². The molecule has 0 bridgehead atoms. The Bertz CT molecular complexity index is 413. The van der Waals surface area contributed by atoms with Gasteiger partial charge in [0.2, 0.25) is 0 Å². The number of hydrogen-bond acceptors (Lipinski definition) is 4. The predicted molar refractivity (Wildman–Crippen MR) is 81.9 cm³/mol. The van der Waals surface area contributed by atoms with E-state index in [0.29, 0.717) is 19.0 Å². The average molecular weight is 298 g/mol. The molecule has 0 saturated heterocycles. The van der Waals surface area contributed by atoms with Crippen molar-refractivity contribution in [3.05, 3.63) is 17.7 Å². The van der Waals surface area contributed by atoms with Crippen molar-refractivity contribution in [2.75, 3.05) is 20.3 Å². The molecule has 20 heavy (non-hydrogen) atoms. The zero-order valence-corrected chi connectivity index (χ0v) is 14.0. The number of imidazole rings is 1. The number of ether oxygens (including phenoxy) is 2. The highest BCUT2D eigenvalue weighted by atomic mass is 28.3. The predicted octanol–water partition coefficient (Wildman–Crippen LogP) is 2.59. The Kier molecular flexibility index (Phi) is 7.11. The molecule has 114 valence electrons. The van der Waals surface area contributed by atoms with E-state index < -0.39 is 8.07 Å². The van der Waals surface area contributed by atoms with E-state index >= 15 is 0 Å². The Morgan fingerprint density at radius 2 is 2.10 bits per heavy atom. The zero-order valence-electron chi connectivity index (χ0n) is 13.0. The summed E-state index contributed by atoms with van der Waals surface area (Å²) in [6, 6.07) is 1.12. The molecule has 0 saturated carbocycles. The fraction of sp³-hybridized carbons (Fsp3) is 0.714. The Hall–Kier alpha value is -0.983. The summed E-state index contributed by atoms with van der Waals surface area (Å²) >= 11 is 0. The Morgan fingerprint density at radius 3 is 2.70 bits per heavy atom. The van der Waals surface area contributed by atoms with E-state index in [4.69, 9.17) is 9.47 Å². The first-order valence-electron chi connectivity index (χ1n) is 7.04. The van der Waals surface area contributed by atoms with Crippen LogP contribution in [0.2, 0.25) is 25.7 Å². The highest BCUT2D eigenvalue weighted by molar-refractivity contribution is 6.76. The first kappa shape index (κ1) is 17.1. The molecule has 1 rings (SSSR count). The zero-order chi connectivity index (χ0) is 15.0. The molecule has 0 aliphatic heterocycles. The molecule has 0 fully saturated rings. The average Bonchev–Trinajstić information content (AvgIpc) is 2.76. The molecule has 0 aromatic carbocycles. The molecule has 0 radical (unpaired) electrons. The summed E-state index contributed by atoms with van der Waals surface area (Å²) < 4.78 is 12.6. The molecular weight excluding hydrogens is 272 g/mol. The van der Waals surface area contributed by atoms with Crippen molar-refractivity contribution in [2.45, 2.75) is 45.3 Å². The van der Waals surface area contributed by atoms with Crippen LogP contribution in [-0.2, 0) is 22.6 Å². The van der Waals surface area contributed by atoms with Gasteiger partial charge in [0.05, 0.1) is 6.20 Å². The van der Waals surface area contributed by atoms with Gasteiger partial charge in [-0.25, -0.2) is 4.98 Å². The van der Waals surface area contributed by atoms with Gasteiger partial charge in [-0.1, -0.05) is 19.6 Å². The van der Waals surface area contributed by atoms with Crippen LogP contribution in [0.4, 0.5) is 0 Å². The second kappa shape index (κ2) is 8.34. The fourth-order valence-corrected chi connectivity index (χ4v) is 2.54. The summed E-state index contributed by atoms with van der Waals surface area (Å²) in [6.45, 7) is 8.80. The van der Waals surface area contributed by atoms with Crippen molar-refractivity contribution in [3.63, 3.8) is 0 Å². The quantitative estimate of drug-likeness (QED) is 0.378. The molecule has 5 nitrogen and oxygen atoms in total. The van der Waals surface area contributed by atoms with Crippen molar-refractivity contribution in [1.29, 1.82) is 0 Å². The molecule has 1 aromatic heterocycles. The van der Waals surface area contributed by atoms with Crippen LogP contribution in [0.25, 0.3) is 0 Å². The molecule has 0 aliphatic carbocycles. The van der Waals surface area contributed by atoms with E-state index in [0.717, 1.165) is 37.6 Å². The molecule has 0 aliphatic rings. The monoisotopic (exact) mass is 298 g/mol. The summed E-state index contributed by atoms with van der Waals surface area (Å²) in [5.41, 5.74) is 0.574. The van der Waals surface area contributed by atoms with Crippen LogP contribution in [0, 0.1) is 0 Å². The number of rotatable bonds is 10. The van der Waals surface area contributed by atoms with Crippen LogP contribution in [0.3, 0.4) is 0 Å². The maximum Gasteiger partial charge on any atom is 0.168 e. The molecule has 0 amide bonds. The second-order valence-corrected chi connectivity index (χ2v) is 11.7. The molecule has 0 atom stereocenters. The summed E-state index contributed by atoms with van der Waals surface area (Å²) in [5, 5.41) is 0. The molecule has 1 aromatic rings. The van der Waals surface area contributed by atoms with Crippen LogP contribution in [0.15, 0.2) is 6.20 Å². The lowest BCUT2D eigenvalue weighted by Gasteiger charge is -2.16. The summed E-state index contributed by atoms with van der Waals surface area (Å²) in [5.74, 6) is 0.886. The number of carbonyl (C=O) groups is 1. The first-order valence-corrected chi connectivity index (χ1v) is 10.7. The Labute approximate surface area is 122 Å². The normalized spacial score (nSPS) is 11.8. The van der Waals surface area contributed by atoms with Gasteiger partial charge in [0.1, 0.15) is 18.2 Å². The van der Waals surface area contributed by atoms with Gasteiger partial charge in [0, 0.05) is 34.8 Å². The lowest BCUT2D eigenvalue weighted by atomic mass is 10.3. The fourth-order valence-electron chi connectivity index (χ4n) is 1.78. The first-order chi connectivity index (χ1) is 9.48. The van der Waals surface area contributed by atoms with Gasteiger partial charge in [-0.15, -0.1) is 0 Å². The second-order valence-electron chi connectivity index (χ2n) is 6.09. The third-order valence-corrected chi connectivity index (χ3v) is 4.76. The van der Waals surface area contributed by atoms with E-state index in [-0.39, 0.29) is 0 Å². The van der Waals surface area contributed by atoms with Crippen molar-refractivity contribution in [2.24, 2.45) is 0 Å². The molecule has 0 spiro atoms. The highest BCUT2D eigenvalue weighted by Crippen LogP contribution is 2.10. The number of methoxy groups -OCH3 is 1. The van der Waals surface area contributed by atoms with Crippen LogP contribution in [-0.4, -0.2) is 44.2 Å². The lowest BCUT2D eigenvalue weighted by molar-refractivity contribution is 0.0813. The van der Waals surface area contributed by atoms with E-state index in [1.807, 2.05) is 4.57 Å². The van der Waals surface area contributed by atoms with Gasteiger partial charge in [-0.2, -0.15) is 0 Å². The minimum Gasteiger partial charge on any atom is -0.385 e. The summed E-state index contributed by atoms with van der Waals surface area (Å²) in [6.07, 6.45) is 4.12. The number of aldehydes is 1. The minimum absolute atomic E-state index is 0.404. The Balaban J connectivity index is 2.53. The lowest BCUT2D eigenvalue weighted by Crippen LogP contribution is -2.22. The standard InChI is InChI=1S/C14H26N2O3Si/c1-18-7-5-6-14-15-10-13(11-17)16(14)12-19-8-9-20(2,3)4/h10-11H,5-9,12H2,1-4H3. The van der Waals surface area contributed by atoms with Gasteiger partial charge in [-0.05, 0) is 12.5 Å². The third kappa shape index (κ3) is 5.98. The highest BCUT2D eigenvalue weighted by Gasteiger charge is 2.13. The smallest absolute Gasteiger partial charge is 0.168 e. The van der Waals surface area contributed by atoms with Crippen LogP contribution < -0.4 is 0 Å². The number of aryl methyl sites for hydroxylation is 1. The van der Waals surface area contributed by atoms with Crippen molar-refractivity contribution in [3.8, 4) is 0 Å². The molecular formula is C14H26N2O3Si. The topological polar surface area (TPSA) is 53.3 Å². The van der Waals surface area contributed by atoms with Gasteiger partial charge >= 0.3 is 0 Å². The number of nitrogens with zero attached hydrogens (tertiary/aromatic N) is 2. The van der Waals surface area contributed by atoms with Gasteiger partial charge in [0.25, 0.3) is 0 Å². The molecule has 1 heterocycles. The maximum atomic E-state index is 11.0. The SMILES string of the molecule is COCCCc1ncc(C=O)n1COCC[Si](C)(C)C. The van der Waals surface area contributed by atoms with Crippen LogP contribution >= 0.6 is 0 Å². The van der Waals surface area contributed by atoms with Gasteiger partial charge in [-0.3, -0.25) is 4.79 Å². The largest absolute Gasteiger partial charge is 0.385 e. The third-order valence-electron chi connectivity index (χ3n) is 3.06. The van der Waals surface area contributed by atoms with Crippen molar-refractivity contribution in [1.82, 2.24) is 9.55 Å².